The summed E-state index contributed by atoms with van der Waals surface area (Å²) in [6.45, 7) is 0. The number of hydrogen-bond donors (Lipinski definition) is 2. The van der Waals surface area contributed by atoms with Gasteiger partial charge in [-0.15, -0.1) is 5.10 Å². The molecular weight excluding hydrogens is 164 g/mol. The highest BCUT2D eigenvalue weighted by Crippen LogP contribution is 2.12. The topological polar surface area (TPSA) is 101 Å². The van der Waals surface area contributed by atoms with Gasteiger partial charge in [0.15, 0.2) is 5.56 Å². The van der Waals surface area contributed by atoms with E-state index in [-0.39, 0.29) is 5.56 Å². The molecule has 0 unspecified atom stereocenters. The highest BCUT2D eigenvalue weighted by atomic mass is 16.6. The SMILES string of the molecule is CNC(=O)c1cn[nH]c1[N+](=O)[O-]. The maximum atomic E-state index is 10.9. The first kappa shape index (κ1) is 8.18. The summed E-state index contributed by atoms with van der Waals surface area (Å²) in [5.74, 6) is -0.926. The van der Waals surface area contributed by atoms with Gasteiger partial charge >= 0.3 is 5.82 Å². The number of rotatable bonds is 2. The number of carbonyl (C=O) groups is 1. The average Bonchev–Trinajstić information content (AvgIpc) is 2.50. The van der Waals surface area contributed by atoms with Crippen molar-refractivity contribution in [2.45, 2.75) is 0 Å². The smallest absolute Gasteiger partial charge is 0.355 e. The maximum Gasteiger partial charge on any atom is 0.355 e. The predicted octanol–water partition coefficient (Wildman–Crippen LogP) is -0.323. The van der Waals surface area contributed by atoms with E-state index in [1.165, 1.54) is 7.05 Å². The van der Waals surface area contributed by atoms with E-state index >= 15 is 0 Å². The molecule has 0 radical (unpaired) electrons. The summed E-state index contributed by atoms with van der Waals surface area (Å²) < 4.78 is 0. The molecule has 1 aromatic rings. The van der Waals surface area contributed by atoms with Crippen molar-refractivity contribution in [1.82, 2.24) is 15.5 Å². The number of amides is 1. The standard InChI is InChI=1S/C5H6N4O3/c1-6-5(10)3-2-7-8-4(3)9(11)12/h2H,1H3,(H,6,10)(H,7,8). The van der Waals surface area contributed by atoms with E-state index in [0.717, 1.165) is 6.20 Å². The Morgan fingerprint density at radius 1 is 1.83 bits per heavy atom. The first-order chi connectivity index (χ1) is 5.66. The molecule has 1 heterocycles. The lowest BCUT2D eigenvalue weighted by atomic mass is 10.3. The first-order valence-electron chi connectivity index (χ1n) is 3.06. The van der Waals surface area contributed by atoms with Crippen LogP contribution in [0.4, 0.5) is 5.82 Å². The molecule has 0 aliphatic rings. The number of aromatic amines is 1. The van der Waals surface area contributed by atoms with Gasteiger partial charge in [0.25, 0.3) is 5.91 Å². The summed E-state index contributed by atoms with van der Waals surface area (Å²) in [4.78, 5) is 20.5. The van der Waals surface area contributed by atoms with Crippen molar-refractivity contribution in [3.05, 3.63) is 21.9 Å². The van der Waals surface area contributed by atoms with Crippen LogP contribution < -0.4 is 5.32 Å². The third-order valence-corrected chi connectivity index (χ3v) is 1.27. The molecular formula is C5H6N4O3. The van der Waals surface area contributed by atoms with Gasteiger partial charge in [0, 0.05) is 7.05 Å². The molecule has 0 atom stereocenters. The molecule has 7 nitrogen and oxygen atoms in total. The fourth-order valence-corrected chi connectivity index (χ4v) is 0.719. The minimum Gasteiger partial charge on any atom is -0.358 e. The zero-order chi connectivity index (χ0) is 9.14. The Balaban J connectivity index is 3.07. The van der Waals surface area contributed by atoms with Crippen LogP contribution in [0.2, 0.25) is 0 Å². The molecule has 0 spiro atoms. The predicted molar refractivity (Wildman–Crippen MR) is 38.6 cm³/mol. The van der Waals surface area contributed by atoms with Gasteiger partial charge in [-0.1, -0.05) is 5.10 Å². The number of hydrogen-bond acceptors (Lipinski definition) is 4. The lowest BCUT2D eigenvalue weighted by Gasteiger charge is -1.94. The molecule has 0 saturated heterocycles. The van der Waals surface area contributed by atoms with Gasteiger partial charge in [-0.25, -0.2) is 0 Å². The molecule has 0 saturated carbocycles. The van der Waals surface area contributed by atoms with Crippen LogP contribution in [-0.2, 0) is 0 Å². The van der Waals surface area contributed by atoms with E-state index < -0.39 is 16.6 Å². The summed E-state index contributed by atoms with van der Waals surface area (Å²) in [5, 5.41) is 18.0. The summed E-state index contributed by atoms with van der Waals surface area (Å²) in [6, 6.07) is 0. The molecule has 1 rings (SSSR count). The highest BCUT2D eigenvalue weighted by Gasteiger charge is 2.20. The molecule has 1 amide bonds. The van der Waals surface area contributed by atoms with Gasteiger partial charge in [0.1, 0.15) is 0 Å². The van der Waals surface area contributed by atoms with Crippen LogP contribution in [0.15, 0.2) is 6.20 Å². The van der Waals surface area contributed by atoms with Crippen molar-refractivity contribution in [3.8, 4) is 0 Å². The average molecular weight is 170 g/mol. The Bertz CT molecular complexity index is 318. The van der Waals surface area contributed by atoms with Crippen molar-refractivity contribution < 1.29 is 9.72 Å². The molecule has 0 aliphatic heterocycles. The third kappa shape index (κ3) is 1.24. The first-order valence-corrected chi connectivity index (χ1v) is 3.06. The number of nitro groups is 1. The maximum absolute atomic E-state index is 10.9. The monoisotopic (exact) mass is 170 g/mol. The van der Waals surface area contributed by atoms with Crippen LogP contribution >= 0.6 is 0 Å². The Kier molecular flexibility index (Phi) is 2.04. The van der Waals surface area contributed by atoms with E-state index in [1.54, 1.807) is 0 Å². The van der Waals surface area contributed by atoms with Crippen LogP contribution in [-0.4, -0.2) is 28.1 Å². The van der Waals surface area contributed by atoms with Crippen molar-refractivity contribution in [2.24, 2.45) is 0 Å². The Labute approximate surface area is 66.9 Å². The van der Waals surface area contributed by atoms with E-state index in [0.29, 0.717) is 0 Å². The zero-order valence-corrected chi connectivity index (χ0v) is 6.20. The van der Waals surface area contributed by atoms with Crippen molar-refractivity contribution >= 4 is 11.7 Å². The molecule has 7 heteroatoms. The van der Waals surface area contributed by atoms with Gasteiger partial charge < -0.3 is 15.4 Å². The summed E-state index contributed by atoms with van der Waals surface area (Å²) in [6.07, 6.45) is 1.11. The number of aromatic nitrogens is 2. The summed E-state index contributed by atoms with van der Waals surface area (Å²) in [5.41, 5.74) is -0.0671. The van der Waals surface area contributed by atoms with E-state index in [9.17, 15) is 14.9 Å². The molecule has 0 aliphatic carbocycles. The Hall–Kier alpha value is -1.92. The molecule has 12 heavy (non-hydrogen) atoms. The Morgan fingerprint density at radius 3 is 3.00 bits per heavy atom. The largest absolute Gasteiger partial charge is 0.358 e. The minimum absolute atomic E-state index is 0.0671. The minimum atomic E-state index is -0.697. The molecule has 1 aromatic heterocycles. The quantitative estimate of drug-likeness (QED) is 0.469. The number of carbonyl (C=O) groups excluding carboxylic acids is 1. The number of H-pyrrole nitrogens is 1. The van der Waals surface area contributed by atoms with Gasteiger partial charge in [0.05, 0.1) is 6.20 Å². The lowest BCUT2D eigenvalue weighted by molar-refractivity contribution is -0.389. The van der Waals surface area contributed by atoms with Gasteiger partial charge in [-0.05, 0) is 4.92 Å². The second-order valence-electron chi connectivity index (χ2n) is 1.97. The van der Waals surface area contributed by atoms with E-state index in [1.807, 2.05) is 0 Å². The summed E-state index contributed by atoms with van der Waals surface area (Å²) >= 11 is 0. The summed E-state index contributed by atoms with van der Waals surface area (Å²) in [7, 11) is 1.39. The van der Waals surface area contributed by atoms with Crippen molar-refractivity contribution in [2.75, 3.05) is 7.05 Å². The number of nitrogens with one attached hydrogen (secondary N) is 2. The van der Waals surface area contributed by atoms with Crippen LogP contribution in [0.1, 0.15) is 10.4 Å². The Morgan fingerprint density at radius 2 is 2.50 bits per heavy atom. The van der Waals surface area contributed by atoms with Crippen LogP contribution in [0.3, 0.4) is 0 Å². The van der Waals surface area contributed by atoms with Crippen LogP contribution in [0.5, 0.6) is 0 Å². The lowest BCUT2D eigenvalue weighted by Crippen LogP contribution is -2.18. The second-order valence-corrected chi connectivity index (χ2v) is 1.97. The fourth-order valence-electron chi connectivity index (χ4n) is 0.719. The second kappa shape index (κ2) is 2.99. The molecule has 0 aromatic carbocycles. The highest BCUT2D eigenvalue weighted by molar-refractivity contribution is 5.96. The molecule has 2 N–H and O–H groups in total. The molecule has 0 fully saturated rings. The third-order valence-electron chi connectivity index (χ3n) is 1.27. The molecule has 64 valence electrons. The van der Waals surface area contributed by atoms with Gasteiger partial charge in [-0.2, -0.15) is 0 Å². The zero-order valence-electron chi connectivity index (χ0n) is 6.20. The van der Waals surface area contributed by atoms with Crippen LogP contribution in [0, 0.1) is 10.1 Å². The molecule has 0 bridgehead atoms. The number of nitrogens with zero attached hydrogens (tertiary/aromatic N) is 2. The van der Waals surface area contributed by atoms with Crippen molar-refractivity contribution in [3.63, 3.8) is 0 Å². The van der Waals surface area contributed by atoms with Gasteiger partial charge in [0.2, 0.25) is 0 Å². The van der Waals surface area contributed by atoms with E-state index in [4.69, 9.17) is 0 Å². The van der Waals surface area contributed by atoms with Gasteiger partial charge in [-0.3, -0.25) is 4.79 Å². The van der Waals surface area contributed by atoms with E-state index in [2.05, 4.69) is 15.5 Å². The normalized spacial score (nSPS) is 9.42. The van der Waals surface area contributed by atoms with Crippen LogP contribution in [0.25, 0.3) is 0 Å². The van der Waals surface area contributed by atoms with Crippen molar-refractivity contribution in [1.29, 1.82) is 0 Å². The fraction of sp³-hybridized carbons (Fsp3) is 0.200.